The van der Waals surface area contributed by atoms with Crippen LogP contribution in [0.2, 0.25) is 0 Å². The van der Waals surface area contributed by atoms with Crippen molar-refractivity contribution in [3.63, 3.8) is 0 Å². The maximum atomic E-state index is 5.98. The quantitative estimate of drug-likeness (QED) is 0.800. The molecule has 1 N–H and O–H groups in total. The molecule has 1 unspecified atom stereocenters. The molecule has 0 aliphatic rings. The number of pyridine rings is 1. The first-order valence-corrected chi connectivity index (χ1v) is 8.04. The molecule has 0 aliphatic heterocycles. The molecule has 1 heterocycles. The fraction of sp³-hybridized carbons (Fsp3) is 0.353. The molecule has 4 heteroatoms. The van der Waals surface area contributed by atoms with Gasteiger partial charge in [0.05, 0.1) is 0 Å². The van der Waals surface area contributed by atoms with E-state index < -0.39 is 0 Å². The number of aromatic nitrogens is 1. The van der Waals surface area contributed by atoms with Gasteiger partial charge < -0.3 is 10.1 Å². The van der Waals surface area contributed by atoms with Crippen LogP contribution >= 0.6 is 15.9 Å². The highest BCUT2D eigenvalue weighted by Crippen LogP contribution is 2.25. The molecule has 2 aromatic rings. The lowest BCUT2D eigenvalue weighted by Gasteiger charge is -2.18. The standard InChI is InChI=1S/C17H21BrN2O/c1-3-8-20-13(2)16-6-4-5-7-17(16)21-12-14-9-15(18)11-19-10-14/h4-7,9-11,13,20H,3,8,12H2,1-2H3. The van der Waals surface area contributed by atoms with Gasteiger partial charge in [-0.15, -0.1) is 0 Å². The fourth-order valence-corrected chi connectivity index (χ4v) is 2.55. The highest BCUT2D eigenvalue weighted by atomic mass is 79.9. The second kappa shape index (κ2) is 8.15. The number of benzene rings is 1. The van der Waals surface area contributed by atoms with E-state index in [-0.39, 0.29) is 6.04 Å². The molecule has 0 aliphatic carbocycles. The van der Waals surface area contributed by atoms with Gasteiger partial charge in [-0.1, -0.05) is 25.1 Å². The Kier molecular flexibility index (Phi) is 6.21. The highest BCUT2D eigenvalue weighted by molar-refractivity contribution is 9.10. The summed E-state index contributed by atoms with van der Waals surface area (Å²) in [5.74, 6) is 0.925. The van der Waals surface area contributed by atoms with Gasteiger partial charge in [-0.25, -0.2) is 0 Å². The van der Waals surface area contributed by atoms with Gasteiger partial charge in [-0.05, 0) is 48.0 Å². The van der Waals surface area contributed by atoms with E-state index >= 15 is 0 Å². The van der Waals surface area contributed by atoms with Crippen LogP contribution in [0.5, 0.6) is 5.75 Å². The molecule has 0 saturated heterocycles. The summed E-state index contributed by atoms with van der Waals surface area (Å²) < 4.78 is 6.95. The first-order valence-electron chi connectivity index (χ1n) is 7.25. The van der Waals surface area contributed by atoms with Crippen molar-refractivity contribution in [2.75, 3.05) is 6.54 Å². The molecule has 1 aromatic carbocycles. The molecule has 1 atom stereocenters. The lowest BCUT2D eigenvalue weighted by molar-refractivity contribution is 0.299. The van der Waals surface area contributed by atoms with E-state index in [0.717, 1.165) is 28.8 Å². The number of para-hydroxylation sites is 1. The Morgan fingerprint density at radius 1 is 1.29 bits per heavy atom. The summed E-state index contributed by atoms with van der Waals surface area (Å²) in [6, 6.07) is 10.5. The monoisotopic (exact) mass is 348 g/mol. The van der Waals surface area contributed by atoms with Crippen LogP contribution in [0.25, 0.3) is 0 Å². The number of hydrogen-bond donors (Lipinski definition) is 1. The smallest absolute Gasteiger partial charge is 0.124 e. The van der Waals surface area contributed by atoms with Gasteiger partial charge in [0.25, 0.3) is 0 Å². The second-order valence-electron chi connectivity index (χ2n) is 5.01. The lowest BCUT2D eigenvalue weighted by Crippen LogP contribution is -2.19. The van der Waals surface area contributed by atoms with E-state index in [9.17, 15) is 0 Å². The van der Waals surface area contributed by atoms with Gasteiger partial charge in [0.15, 0.2) is 0 Å². The summed E-state index contributed by atoms with van der Waals surface area (Å²) in [6.07, 6.45) is 4.72. The average molecular weight is 349 g/mol. The number of nitrogens with one attached hydrogen (secondary N) is 1. The third-order valence-corrected chi connectivity index (χ3v) is 3.68. The zero-order valence-corrected chi connectivity index (χ0v) is 14.1. The second-order valence-corrected chi connectivity index (χ2v) is 5.93. The fourth-order valence-electron chi connectivity index (χ4n) is 2.14. The maximum absolute atomic E-state index is 5.98. The minimum atomic E-state index is 0.279. The summed E-state index contributed by atoms with van der Waals surface area (Å²) >= 11 is 3.43. The van der Waals surface area contributed by atoms with Crippen LogP contribution in [0, 0.1) is 0 Å². The average Bonchev–Trinajstić information content (AvgIpc) is 2.51. The van der Waals surface area contributed by atoms with Crippen molar-refractivity contribution in [3.05, 3.63) is 58.3 Å². The largest absolute Gasteiger partial charge is 0.489 e. The van der Waals surface area contributed by atoms with Crippen LogP contribution in [0.3, 0.4) is 0 Å². The van der Waals surface area contributed by atoms with Gasteiger partial charge in [0, 0.05) is 34.0 Å². The number of nitrogens with zero attached hydrogens (tertiary/aromatic N) is 1. The van der Waals surface area contributed by atoms with Gasteiger partial charge in [-0.2, -0.15) is 0 Å². The molecule has 0 bridgehead atoms. The molecule has 0 amide bonds. The Hall–Kier alpha value is -1.39. The molecular formula is C17H21BrN2O. The van der Waals surface area contributed by atoms with E-state index in [0.29, 0.717) is 6.61 Å². The maximum Gasteiger partial charge on any atom is 0.124 e. The van der Waals surface area contributed by atoms with Crippen molar-refractivity contribution < 1.29 is 4.74 Å². The molecule has 2 rings (SSSR count). The number of ether oxygens (including phenoxy) is 1. The van der Waals surface area contributed by atoms with Crippen molar-refractivity contribution in [2.45, 2.75) is 32.9 Å². The molecule has 0 spiro atoms. The summed E-state index contributed by atoms with van der Waals surface area (Å²) in [6.45, 7) is 5.86. The normalized spacial score (nSPS) is 12.1. The zero-order valence-electron chi connectivity index (χ0n) is 12.5. The topological polar surface area (TPSA) is 34.1 Å². The highest BCUT2D eigenvalue weighted by Gasteiger charge is 2.10. The third kappa shape index (κ3) is 4.83. The SMILES string of the molecule is CCCNC(C)c1ccccc1OCc1cncc(Br)c1. The Balaban J connectivity index is 2.06. The van der Waals surface area contributed by atoms with Crippen molar-refractivity contribution in [2.24, 2.45) is 0 Å². The van der Waals surface area contributed by atoms with Crippen molar-refractivity contribution in [1.29, 1.82) is 0 Å². The number of hydrogen-bond acceptors (Lipinski definition) is 3. The summed E-state index contributed by atoms with van der Waals surface area (Å²) in [5, 5.41) is 3.50. The zero-order chi connectivity index (χ0) is 15.1. The van der Waals surface area contributed by atoms with Crippen LogP contribution in [-0.2, 0) is 6.61 Å². The summed E-state index contributed by atoms with van der Waals surface area (Å²) in [5.41, 5.74) is 2.24. The molecule has 21 heavy (non-hydrogen) atoms. The Morgan fingerprint density at radius 3 is 2.86 bits per heavy atom. The van der Waals surface area contributed by atoms with Crippen molar-refractivity contribution in [3.8, 4) is 5.75 Å². The van der Waals surface area contributed by atoms with Crippen LogP contribution in [0.4, 0.5) is 0 Å². The van der Waals surface area contributed by atoms with Crippen LogP contribution in [0.1, 0.15) is 37.4 Å². The predicted octanol–water partition coefficient (Wildman–Crippen LogP) is 4.48. The minimum Gasteiger partial charge on any atom is -0.489 e. The van der Waals surface area contributed by atoms with Crippen LogP contribution in [-0.4, -0.2) is 11.5 Å². The van der Waals surface area contributed by atoms with Gasteiger partial charge in [0.1, 0.15) is 12.4 Å². The van der Waals surface area contributed by atoms with Crippen molar-refractivity contribution >= 4 is 15.9 Å². The predicted molar refractivity (Wildman–Crippen MR) is 89.4 cm³/mol. The molecule has 1 aromatic heterocycles. The molecule has 0 radical (unpaired) electrons. The van der Waals surface area contributed by atoms with E-state index in [4.69, 9.17) is 4.74 Å². The molecule has 0 fully saturated rings. The molecule has 3 nitrogen and oxygen atoms in total. The van der Waals surface area contributed by atoms with Crippen molar-refractivity contribution in [1.82, 2.24) is 10.3 Å². The van der Waals surface area contributed by atoms with Gasteiger partial charge >= 0.3 is 0 Å². The van der Waals surface area contributed by atoms with Crippen LogP contribution < -0.4 is 10.1 Å². The Morgan fingerprint density at radius 2 is 2.10 bits per heavy atom. The number of halogens is 1. The molecule has 112 valence electrons. The first kappa shape index (κ1) is 16.0. The minimum absolute atomic E-state index is 0.279. The van der Waals surface area contributed by atoms with E-state index in [1.54, 1.807) is 6.20 Å². The molecular weight excluding hydrogens is 328 g/mol. The summed E-state index contributed by atoms with van der Waals surface area (Å²) in [4.78, 5) is 4.16. The van der Waals surface area contributed by atoms with Crippen LogP contribution in [0.15, 0.2) is 47.2 Å². The van der Waals surface area contributed by atoms with Gasteiger partial charge in [0.2, 0.25) is 0 Å². The van der Waals surface area contributed by atoms with Gasteiger partial charge in [-0.3, -0.25) is 4.98 Å². The summed E-state index contributed by atoms with van der Waals surface area (Å²) in [7, 11) is 0. The van der Waals surface area contributed by atoms with E-state index in [2.05, 4.69) is 46.1 Å². The Bertz CT molecular complexity index is 574. The Labute approximate surface area is 134 Å². The van der Waals surface area contributed by atoms with E-state index in [1.807, 2.05) is 30.5 Å². The first-order chi connectivity index (χ1) is 10.2. The lowest BCUT2D eigenvalue weighted by atomic mass is 10.1. The number of rotatable bonds is 7. The molecule has 0 saturated carbocycles. The third-order valence-electron chi connectivity index (χ3n) is 3.24. The van der Waals surface area contributed by atoms with E-state index in [1.165, 1.54) is 5.56 Å².